The first-order valence-electron chi connectivity index (χ1n) is 6.92. The molecule has 1 aliphatic rings. The largest absolute Gasteiger partial charge is 0.376 e. The van der Waals surface area contributed by atoms with Gasteiger partial charge in [-0.05, 0) is 31.0 Å². The first-order chi connectivity index (χ1) is 9.15. The molecule has 1 saturated heterocycles. The highest BCUT2D eigenvalue weighted by Gasteiger charge is 2.20. The van der Waals surface area contributed by atoms with Gasteiger partial charge < -0.3 is 9.30 Å². The maximum absolute atomic E-state index is 6.06. The number of aromatic nitrogens is 2. The fraction of sp³-hybridized carbons (Fsp3) is 0.533. The van der Waals surface area contributed by atoms with Crippen LogP contribution in [0.5, 0.6) is 0 Å². The summed E-state index contributed by atoms with van der Waals surface area (Å²) in [5.74, 6) is 1.51. The van der Waals surface area contributed by atoms with Gasteiger partial charge in [-0.2, -0.15) is 0 Å². The highest BCUT2D eigenvalue weighted by molar-refractivity contribution is 6.31. The topological polar surface area (TPSA) is 27.1 Å². The monoisotopic (exact) mass is 278 g/mol. The minimum absolute atomic E-state index is 0.325. The van der Waals surface area contributed by atoms with Gasteiger partial charge in [-0.15, -0.1) is 0 Å². The maximum atomic E-state index is 6.06. The Bertz CT molecular complexity index is 585. The lowest BCUT2D eigenvalue weighted by atomic mass is 10.2. The van der Waals surface area contributed by atoms with Gasteiger partial charge in [0.2, 0.25) is 0 Å². The average molecular weight is 279 g/mol. The second-order valence-corrected chi connectivity index (χ2v) is 5.94. The summed E-state index contributed by atoms with van der Waals surface area (Å²) < 4.78 is 8.06. The Morgan fingerprint density at radius 2 is 2.32 bits per heavy atom. The Morgan fingerprint density at radius 3 is 3.00 bits per heavy atom. The Kier molecular flexibility index (Phi) is 3.50. The zero-order valence-electron chi connectivity index (χ0n) is 11.4. The highest BCUT2D eigenvalue weighted by atomic mass is 35.5. The van der Waals surface area contributed by atoms with Gasteiger partial charge in [0.05, 0.1) is 23.7 Å². The lowest BCUT2D eigenvalue weighted by Crippen LogP contribution is -2.17. The fourth-order valence-corrected chi connectivity index (χ4v) is 2.91. The molecular formula is C15H19ClN2O. The van der Waals surface area contributed by atoms with Gasteiger partial charge in [0, 0.05) is 17.5 Å². The van der Waals surface area contributed by atoms with E-state index in [1.54, 1.807) is 0 Å². The van der Waals surface area contributed by atoms with Crippen LogP contribution in [0.25, 0.3) is 11.0 Å². The number of hydrogen-bond donors (Lipinski definition) is 0. The van der Waals surface area contributed by atoms with Crippen LogP contribution in [0.15, 0.2) is 18.2 Å². The van der Waals surface area contributed by atoms with E-state index in [0.29, 0.717) is 12.0 Å². The minimum Gasteiger partial charge on any atom is -0.376 e. The van der Waals surface area contributed by atoms with Crippen LogP contribution in [0.4, 0.5) is 0 Å². The third-order valence-electron chi connectivity index (χ3n) is 3.67. The van der Waals surface area contributed by atoms with E-state index >= 15 is 0 Å². The molecule has 1 aromatic heterocycles. The van der Waals surface area contributed by atoms with Gasteiger partial charge in [0.15, 0.2) is 0 Å². The van der Waals surface area contributed by atoms with Crippen molar-refractivity contribution in [1.82, 2.24) is 9.55 Å². The van der Waals surface area contributed by atoms with E-state index in [4.69, 9.17) is 21.3 Å². The Morgan fingerprint density at radius 1 is 1.47 bits per heavy atom. The van der Waals surface area contributed by atoms with E-state index in [-0.39, 0.29) is 0 Å². The molecule has 1 aliphatic heterocycles. The lowest BCUT2D eigenvalue weighted by Gasteiger charge is -2.15. The molecule has 1 fully saturated rings. The van der Waals surface area contributed by atoms with Crippen molar-refractivity contribution in [3.05, 3.63) is 29.0 Å². The van der Waals surface area contributed by atoms with Crippen molar-refractivity contribution in [3.8, 4) is 0 Å². The molecule has 2 aromatic rings. The summed E-state index contributed by atoms with van der Waals surface area (Å²) in [5, 5.41) is 0.740. The first-order valence-corrected chi connectivity index (χ1v) is 7.30. The zero-order chi connectivity index (χ0) is 13.4. The van der Waals surface area contributed by atoms with Crippen LogP contribution in [-0.4, -0.2) is 22.3 Å². The van der Waals surface area contributed by atoms with Crippen molar-refractivity contribution in [3.63, 3.8) is 0 Å². The number of benzene rings is 1. The summed E-state index contributed by atoms with van der Waals surface area (Å²) in [5.41, 5.74) is 2.14. The molecule has 0 N–H and O–H groups in total. The van der Waals surface area contributed by atoms with Crippen molar-refractivity contribution >= 4 is 22.6 Å². The third kappa shape index (κ3) is 2.49. The molecule has 1 atom stereocenters. The van der Waals surface area contributed by atoms with Crippen LogP contribution in [0, 0.1) is 0 Å². The van der Waals surface area contributed by atoms with Crippen molar-refractivity contribution in [2.45, 2.75) is 45.3 Å². The average Bonchev–Trinajstić information content (AvgIpc) is 2.97. The quantitative estimate of drug-likeness (QED) is 0.849. The number of nitrogens with zero attached hydrogens (tertiary/aromatic N) is 2. The smallest absolute Gasteiger partial charge is 0.112 e. The molecule has 0 saturated carbocycles. The normalized spacial score (nSPS) is 19.7. The molecule has 1 aromatic carbocycles. The SMILES string of the molecule is CC(C)c1nc2cc(Cl)ccc2n1CC1CCCO1. The Balaban J connectivity index is 2.05. The predicted octanol–water partition coefficient (Wildman–Crippen LogP) is 3.99. The molecule has 0 aliphatic carbocycles. The van der Waals surface area contributed by atoms with Crippen LogP contribution < -0.4 is 0 Å². The minimum atomic E-state index is 0.325. The third-order valence-corrected chi connectivity index (χ3v) is 3.90. The van der Waals surface area contributed by atoms with E-state index in [1.165, 1.54) is 6.42 Å². The Hall–Kier alpha value is -1.06. The van der Waals surface area contributed by atoms with Crippen molar-refractivity contribution in [2.24, 2.45) is 0 Å². The molecular weight excluding hydrogens is 260 g/mol. The summed E-state index contributed by atoms with van der Waals surface area (Å²) in [6, 6.07) is 5.93. The van der Waals surface area contributed by atoms with Gasteiger partial charge in [-0.1, -0.05) is 25.4 Å². The van der Waals surface area contributed by atoms with Crippen molar-refractivity contribution in [1.29, 1.82) is 0 Å². The van der Waals surface area contributed by atoms with Crippen LogP contribution >= 0.6 is 11.6 Å². The van der Waals surface area contributed by atoms with Crippen molar-refractivity contribution < 1.29 is 4.74 Å². The molecule has 2 heterocycles. The summed E-state index contributed by atoms with van der Waals surface area (Å²) >= 11 is 6.06. The molecule has 19 heavy (non-hydrogen) atoms. The second kappa shape index (κ2) is 5.14. The van der Waals surface area contributed by atoms with Gasteiger partial charge in [0.25, 0.3) is 0 Å². The lowest BCUT2D eigenvalue weighted by molar-refractivity contribution is 0.0970. The van der Waals surface area contributed by atoms with Crippen LogP contribution in [-0.2, 0) is 11.3 Å². The number of halogens is 1. The van der Waals surface area contributed by atoms with E-state index in [0.717, 1.165) is 41.5 Å². The fourth-order valence-electron chi connectivity index (χ4n) is 2.75. The Labute approximate surface area is 118 Å². The van der Waals surface area contributed by atoms with E-state index in [9.17, 15) is 0 Å². The molecule has 4 heteroatoms. The predicted molar refractivity (Wildman–Crippen MR) is 77.8 cm³/mol. The van der Waals surface area contributed by atoms with Gasteiger partial charge in [0.1, 0.15) is 5.82 Å². The van der Waals surface area contributed by atoms with Crippen molar-refractivity contribution in [2.75, 3.05) is 6.61 Å². The van der Waals surface area contributed by atoms with E-state index in [1.807, 2.05) is 12.1 Å². The zero-order valence-corrected chi connectivity index (χ0v) is 12.2. The number of imidazole rings is 1. The standard InChI is InChI=1S/C15H19ClN2O/c1-10(2)15-17-13-8-11(16)5-6-14(13)18(15)9-12-4-3-7-19-12/h5-6,8,10,12H,3-4,7,9H2,1-2H3. The van der Waals surface area contributed by atoms with Gasteiger partial charge in [-0.25, -0.2) is 4.98 Å². The molecule has 0 bridgehead atoms. The molecule has 0 amide bonds. The molecule has 3 nitrogen and oxygen atoms in total. The van der Waals surface area contributed by atoms with Gasteiger partial charge >= 0.3 is 0 Å². The summed E-state index contributed by atoms with van der Waals surface area (Å²) in [6.45, 7) is 6.13. The van der Waals surface area contributed by atoms with Crippen LogP contribution in [0.3, 0.4) is 0 Å². The number of hydrogen-bond acceptors (Lipinski definition) is 2. The molecule has 0 spiro atoms. The summed E-state index contributed by atoms with van der Waals surface area (Å²) in [7, 11) is 0. The summed E-state index contributed by atoms with van der Waals surface area (Å²) in [4.78, 5) is 4.74. The van der Waals surface area contributed by atoms with Crippen LogP contribution in [0.1, 0.15) is 38.4 Å². The van der Waals surface area contributed by atoms with E-state index < -0.39 is 0 Å². The van der Waals surface area contributed by atoms with E-state index in [2.05, 4.69) is 24.5 Å². The van der Waals surface area contributed by atoms with Crippen LogP contribution in [0.2, 0.25) is 5.02 Å². The maximum Gasteiger partial charge on any atom is 0.112 e. The highest BCUT2D eigenvalue weighted by Crippen LogP contribution is 2.26. The molecule has 102 valence electrons. The number of rotatable bonds is 3. The summed E-state index contributed by atoms with van der Waals surface area (Å²) in [6.07, 6.45) is 2.64. The number of fused-ring (bicyclic) bond motifs is 1. The molecule has 0 radical (unpaired) electrons. The number of ether oxygens (including phenoxy) is 1. The molecule has 1 unspecified atom stereocenters. The van der Waals surface area contributed by atoms with Gasteiger partial charge in [-0.3, -0.25) is 0 Å². The first kappa shape index (κ1) is 12.9. The second-order valence-electron chi connectivity index (χ2n) is 5.50. The molecule has 3 rings (SSSR count).